The van der Waals surface area contributed by atoms with Crippen LogP contribution in [0.25, 0.3) is 0 Å². The molecule has 1 aromatic rings. The number of nitrogens with two attached hydrogens (primary N) is 1. The zero-order chi connectivity index (χ0) is 12.5. The van der Waals surface area contributed by atoms with E-state index in [-0.39, 0.29) is 0 Å². The maximum absolute atomic E-state index is 9.70. The summed E-state index contributed by atoms with van der Waals surface area (Å²) >= 11 is 1.52. The van der Waals surface area contributed by atoms with Gasteiger partial charge in [-0.3, -0.25) is 4.98 Å². The number of aromatic nitrogens is 1. The highest BCUT2D eigenvalue weighted by molar-refractivity contribution is 7.99. The van der Waals surface area contributed by atoms with Crippen molar-refractivity contribution in [3.63, 3.8) is 0 Å². The second-order valence-electron chi connectivity index (χ2n) is 3.81. The van der Waals surface area contributed by atoms with Crippen LogP contribution in [0.4, 0.5) is 5.69 Å². The molecule has 1 unspecified atom stereocenters. The van der Waals surface area contributed by atoms with Gasteiger partial charge in [0.2, 0.25) is 0 Å². The summed E-state index contributed by atoms with van der Waals surface area (Å²) in [7, 11) is 0. The van der Waals surface area contributed by atoms with E-state index < -0.39 is 6.10 Å². The fourth-order valence-electron chi connectivity index (χ4n) is 1.23. The predicted molar refractivity (Wildman–Crippen MR) is 71.1 cm³/mol. The third-order valence-corrected chi connectivity index (χ3v) is 3.43. The molecule has 0 spiro atoms. The minimum Gasteiger partial charge on any atom is -0.397 e. The molecule has 1 aromatic heterocycles. The fourth-order valence-corrected chi connectivity index (χ4v) is 2.07. The van der Waals surface area contributed by atoms with E-state index in [1.54, 1.807) is 12.4 Å². The van der Waals surface area contributed by atoms with E-state index in [2.05, 4.69) is 11.9 Å². The average Bonchev–Trinajstić information content (AvgIpc) is 2.34. The Bertz CT molecular complexity index is 323. The van der Waals surface area contributed by atoms with Gasteiger partial charge in [0.25, 0.3) is 0 Å². The first-order chi connectivity index (χ1) is 8.24. The Morgan fingerprint density at radius 2 is 2.41 bits per heavy atom. The molecule has 0 aliphatic rings. The molecule has 3 N–H and O–H groups in total. The van der Waals surface area contributed by atoms with Crippen LogP contribution in [-0.2, 0) is 4.74 Å². The van der Waals surface area contributed by atoms with Crippen LogP contribution >= 0.6 is 11.8 Å². The van der Waals surface area contributed by atoms with Gasteiger partial charge in [0.15, 0.2) is 0 Å². The molecule has 1 heterocycles. The Hall–Kier alpha value is -0.780. The summed E-state index contributed by atoms with van der Waals surface area (Å²) in [4.78, 5) is 4.87. The summed E-state index contributed by atoms with van der Waals surface area (Å²) in [5.41, 5.74) is 6.40. The first-order valence-electron chi connectivity index (χ1n) is 5.82. The summed E-state index contributed by atoms with van der Waals surface area (Å²) in [5.74, 6) is 0.584. The quantitative estimate of drug-likeness (QED) is 0.549. The maximum Gasteiger partial charge on any atom is 0.0867 e. The van der Waals surface area contributed by atoms with Gasteiger partial charge in [0.1, 0.15) is 0 Å². The van der Waals surface area contributed by atoms with Crippen molar-refractivity contribution in [3.8, 4) is 0 Å². The normalized spacial score (nSPS) is 12.6. The van der Waals surface area contributed by atoms with Gasteiger partial charge in [-0.25, -0.2) is 0 Å². The van der Waals surface area contributed by atoms with Gasteiger partial charge in [-0.2, -0.15) is 0 Å². The molecule has 0 bridgehead atoms. The Labute approximate surface area is 107 Å². The number of pyridine rings is 1. The SMILES string of the molecule is CCCCOCC(O)CSc1ccncc1N. The van der Waals surface area contributed by atoms with Crippen molar-refractivity contribution in [1.29, 1.82) is 0 Å². The smallest absolute Gasteiger partial charge is 0.0867 e. The number of hydrogen-bond acceptors (Lipinski definition) is 5. The molecular weight excluding hydrogens is 236 g/mol. The molecule has 0 saturated carbocycles. The van der Waals surface area contributed by atoms with Crippen molar-refractivity contribution in [2.45, 2.75) is 30.8 Å². The highest BCUT2D eigenvalue weighted by Gasteiger charge is 2.06. The number of aliphatic hydroxyl groups excluding tert-OH is 1. The number of aliphatic hydroxyl groups is 1. The fraction of sp³-hybridized carbons (Fsp3) is 0.583. The van der Waals surface area contributed by atoms with Crippen LogP contribution in [0.5, 0.6) is 0 Å². The lowest BCUT2D eigenvalue weighted by Crippen LogP contribution is -2.18. The van der Waals surface area contributed by atoms with Crippen LogP contribution in [0.3, 0.4) is 0 Å². The minimum atomic E-state index is -0.454. The molecule has 1 atom stereocenters. The number of anilines is 1. The maximum atomic E-state index is 9.70. The number of nitrogen functional groups attached to an aromatic ring is 1. The number of ether oxygens (including phenoxy) is 1. The molecular formula is C12H20N2O2S. The van der Waals surface area contributed by atoms with Crippen molar-refractivity contribution < 1.29 is 9.84 Å². The molecule has 0 aromatic carbocycles. The largest absolute Gasteiger partial charge is 0.397 e. The van der Waals surface area contributed by atoms with Gasteiger partial charge in [-0.1, -0.05) is 13.3 Å². The first-order valence-corrected chi connectivity index (χ1v) is 6.80. The van der Waals surface area contributed by atoms with Crippen molar-refractivity contribution in [2.75, 3.05) is 24.7 Å². The summed E-state index contributed by atoms with van der Waals surface area (Å²) in [5, 5.41) is 9.70. The second-order valence-corrected chi connectivity index (χ2v) is 4.87. The monoisotopic (exact) mass is 256 g/mol. The molecule has 0 aliphatic carbocycles. The second kappa shape index (κ2) is 8.33. The van der Waals surface area contributed by atoms with Gasteiger partial charge in [0, 0.05) is 23.5 Å². The Morgan fingerprint density at radius 1 is 1.59 bits per heavy atom. The van der Waals surface area contributed by atoms with Gasteiger partial charge >= 0.3 is 0 Å². The van der Waals surface area contributed by atoms with Crippen molar-refractivity contribution >= 4 is 17.4 Å². The van der Waals surface area contributed by atoms with E-state index in [0.29, 0.717) is 18.0 Å². The molecule has 1 rings (SSSR count). The van der Waals surface area contributed by atoms with Crippen molar-refractivity contribution in [2.24, 2.45) is 0 Å². The first kappa shape index (κ1) is 14.3. The molecule has 17 heavy (non-hydrogen) atoms. The standard InChI is InChI=1S/C12H20N2O2S/c1-2-3-6-16-8-10(15)9-17-12-4-5-14-7-11(12)13/h4-5,7,10,15H,2-3,6,8-9,13H2,1H3. The molecule has 0 aliphatic heterocycles. The van der Waals surface area contributed by atoms with Crippen LogP contribution in [0.1, 0.15) is 19.8 Å². The van der Waals surface area contributed by atoms with Crippen LogP contribution in [0.15, 0.2) is 23.4 Å². The summed E-state index contributed by atoms with van der Waals surface area (Å²) in [6.07, 6.45) is 5.01. The number of unbranched alkanes of at least 4 members (excludes halogenated alkanes) is 1. The Kier molecular flexibility index (Phi) is 7.00. The summed E-state index contributed by atoms with van der Waals surface area (Å²) in [6, 6.07) is 1.85. The zero-order valence-corrected chi connectivity index (χ0v) is 10.9. The lowest BCUT2D eigenvalue weighted by atomic mass is 10.3. The van der Waals surface area contributed by atoms with Crippen LogP contribution in [0, 0.1) is 0 Å². The van der Waals surface area contributed by atoms with E-state index in [4.69, 9.17) is 10.5 Å². The lowest BCUT2D eigenvalue weighted by Gasteiger charge is -2.11. The Morgan fingerprint density at radius 3 is 3.12 bits per heavy atom. The van der Waals surface area contributed by atoms with E-state index in [1.807, 2.05) is 6.07 Å². The number of rotatable bonds is 8. The van der Waals surface area contributed by atoms with Gasteiger partial charge in [-0.15, -0.1) is 11.8 Å². The summed E-state index contributed by atoms with van der Waals surface area (Å²) < 4.78 is 5.35. The average molecular weight is 256 g/mol. The van der Waals surface area contributed by atoms with Crippen molar-refractivity contribution in [1.82, 2.24) is 4.98 Å². The topological polar surface area (TPSA) is 68.4 Å². The highest BCUT2D eigenvalue weighted by Crippen LogP contribution is 2.23. The van der Waals surface area contributed by atoms with E-state index in [0.717, 1.165) is 24.3 Å². The molecule has 0 radical (unpaired) electrons. The van der Waals surface area contributed by atoms with Gasteiger partial charge < -0.3 is 15.6 Å². The predicted octanol–water partition coefficient (Wildman–Crippen LogP) is 1.93. The molecule has 96 valence electrons. The third-order valence-electron chi connectivity index (χ3n) is 2.19. The number of hydrogen-bond donors (Lipinski definition) is 2. The van der Waals surface area contributed by atoms with E-state index >= 15 is 0 Å². The van der Waals surface area contributed by atoms with Gasteiger partial charge in [0.05, 0.1) is 24.6 Å². The molecule has 0 saturated heterocycles. The number of nitrogens with zero attached hydrogens (tertiary/aromatic N) is 1. The Balaban J connectivity index is 2.19. The minimum absolute atomic E-state index is 0.387. The highest BCUT2D eigenvalue weighted by atomic mass is 32.2. The van der Waals surface area contributed by atoms with Gasteiger partial charge in [-0.05, 0) is 12.5 Å². The third kappa shape index (κ3) is 5.91. The van der Waals surface area contributed by atoms with E-state index in [9.17, 15) is 5.11 Å². The van der Waals surface area contributed by atoms with Crippen molar-refractivity contribution in [3.05, 3.63) is 18.5 Å². The van der Waals surface area contributed by atoms with Crippen LogP contribution in [-0.4, -0.2) is 35.2 Å². The van der Waals surface area contributed by atoms with Crippen LogP contribution < -0.4 is 5.73 Å². The lowest BCUT2D eigenvalue weighted by molar-refractivity contribution is 0.0473. The molecule has 0 fully saturated rings. The molecule has 4 nitrogen and oxygen atoms in total. The molecule has 0 amide bonds. The van der Waals surface area contributed by atoms with Crippen LogP contribution in [0.2, 0.25) is 0 Å². The number of thioether (sulfide) groups is 1. The van der Waals surface area contributed by atoms with E-state index in [1.165, 1.54) is 11.8 Å². The molecule has 5 heteroatoms. The summed E-state index contributed by atoms with van der Waals surface area (Å²) in [6.45, 7) is 3.22. The zero-order valence-electron chi connectivity index (χ0n) is 10.1.